The molecule has 2 rings (SSSR count). The van der Waals surface area contributed by atoms with Crippen LogP contribution in [0.2, 0.25) is 10.0 Å². The Balaban J connectivity index is 2.47. The lowest BCUT2D eigenvalue weighted by molar-refractivity contribution is 1.12. The van der Waals surface area contributed by atoms with Gasteiger partial charge in [-0.3, -0.25) is 0 Å². The molecule has 0 heterocycles. The first-order valence-corrected chi connectivity index (χ1v) is 8.09. The maximum absolute atomic E-state index is 6.51. The maximum atomic E-state index is 6.51. The van der Waals surface area contributed by atoms with Gasteiger partial charge in [-0.25, -0.2) is 0 Å². The number of hydrogen-bond acceptors (Lipinski definition) is 0. The Morgan fingerprint density at radius 3 is 2.39 bits per heavy atom. The maximum Gasteiger partial charge on any atom is 0.0861 e. The van der Waals surface area contributed by atoms with E-state index in [0.717, 1.165) is 19.2 Å². The molecule has 0 fully saturated rings. The Morgan fingerprint density at radius 2 is 1.72 bits per heavy atom. The molecule has 0 bridgehead atoms. The summed E-state index contributed by atoms with van der Waals surface area (Å²) in [5.74, 6) is 0. The van der Waals surface area contributed by atoms with Crippen molar-refractivity contribution in [1.29, 1.82) is 0 Å². The average molecular weight is 476 g/mol. The van der Waals surface area contributed by atoms with Gasteiger partial charge in [-0.05, 0) is 64.0 Å². The smallest absolute Gasteiger partial charge is 0.0861 e. The van der Waals surface area contributed by atoms with Crippen molar-refractivity contribution < 1.29 is 0 Å². The number of hydrogen-bond donors (Lipinski definition) is 0. The summed E-state index contributed by atoms with van der Waals surface area (Å²) in [6, 6.07) is 11.4. The molecule has 0 spiro atoms. The molecular weight excluding hydrogens is 469 g/mol. The first-order chi connectivity index (χ1) is 8.49. The van der Waals surface area contributed by atoms with E-state index in [1.807, 2.05) is 24.3 Å². The Hall–Kier alpha value is 0.520. The van der Waals surface area contributed by atoms with Crippen LogP contribution in [0.25, 0.3) is 0 Å². The molecule has 1 unspecified atom stereocenters. The fraction of sp³-hybridized carbons (Fsp3) is 0.0769. The molecule has 0 saturated carbocycles. The van der Waals surface area contributed by atoms with Crippen molar-refractivity contribution >= 4 is 73.3 Å². The lowest BCUT2D eigenvalue weighted by Gasteiger charge is -2.14. The van der Waals surface area contributed by atoms with Crippen LogP contribution in [-0.4, -0.2) is 0 Å². The average Bonchev–Trinajstić information content (AvgIpc) is 2.31. The van der Waals surface area contributed by atoms with Crippen molar-refractivity contribution in [3.63, 3.8) is 0 Å². The highest BCUT2D eigenvalue weighted by Gasteiger charge is 2.17. The molecule has 0 N–H and O–H groups in total. The lowest BCUT2D eigenvalue weighted by Crippen LogP contribution is -1.96. The fourth-order valence-corrected chi connectivity index (χ4v) is 3.65. The third-order valence-electron chi connectivity index (χ3n) is 2.47. The standard InChI is InChI=1S/C13H7BrCl3I/c14-11-4-2-8(18)6-10(11)13(17)9-3-1-7(15)5-12(9)16/h1-6,13H. The molecule has 1 atom stereocenters. The quantitative estimate of drug-likeness (QED) is 0.335. The summed E-state index contributed by atoms with van der Waals surface area (Å²) in [6.45, 7) is 0. The lowest BCUT2D eigenvalue weighted by atomic mass is 10.0. The third kappa shape index (κ3) is 3.34. The minimum Gasteiger partial charge on any atom is -0.112 e. The molecule has 0 saturated heterocycles. The zero-order valence-corrected chi connectivity index (χ0v) is 14.9. The molecule has 0 radical (unpaired) electrons. The normalized spacial score (nSPS) is 12.5. The van der Waals surface area contributed by atoms with Crippen molar-refractivity contribution in [1.82, 2.24) is 0 Å². The second-order valence-electron chi connectivity index (χ2n) is 3.69. The van der Waals surface area contributed by atoms with Gasteiger partial charge in [-0.15, -0.1) is 11.6 Å². The third-order valence-corrected chi connectivity index (χ3v) is 4.89. The Morgan fingerprint density at radius 1 is 1.00 bits per heavy atom. The van der Waals surface area contributed by atoms with Crippen molar-refractivity contribution in [2.75, 3.05) is 0 Å². The van der Waals surface area contributed by atoms with Gasteiger partial charge in [0.2, 0.25) is 0 Å². The molecule has 0 amide bonds. The summed E-state index contributed by atoms with van der Waals surface area (Å²) in [7, 11) is 0. The van der Waals surface area contributed by atoms with E-state index in [-0.39, 0.29) is 5.38 Å². The molecule has 2 aromatic rings. The van der Waals surface area contributed by atoms with Crippen LogP contribution in [0, 0.1) is 3.57 Å². The number of rotatable bonds is 2. The summed E-state index contributed by atoms with van der Waals surface area (Å²) < 4.78 is 2.09. The summed E-state index contributed by atoms with van der Waals surface area (Å²) in [4.78, 5) is 0. The van der Waals surface area contributed by atoms with Gasteiger partial charge in [0.15, 0.2) is 0 Å². The van der Waals surface area contributed by atoms with Gasteiger partial charge in [0.25, 0.3) is 0 Å². The highest BCUT2D eigenvalue weighted by atomic mass is 127. The van der Waals surface area contributed by atoms with Crippen LogP contribution in [0.3, 0.4) is 0 Å². The molecule has 0 aromatic heterocycles. The first kappa shape index (κ1) is 14.9. The molecule has 18 heavy (non-hydrogen) atoms. The molecule has 2 aromatic carbocycles. The highest BCUT2D eigenvalue weighted by molar-refractivity contribution is 14.1. The van der Waals surface area contributed by atoms with Crippen LogP contribution >= 0.6 is 73.3 Å². The first-order valence-electron chi connectivity index (χ1n) is 5.03. The van der Waals surface area contributed by atoms with Gasteiger partial charge in [-0.1, -0.05) is 45.2 Å². The van der Waals surface area contributed by atoms with E-state index in [1.165, 1.54) is 0 Å². The SMILES string of the molecule is Clc1ccc(C(Cl)c2cc(I)ccc2Br)c(Cl)c1. The van der Waals surface area contributed by atoms with Gasteiger partial charge in [-0.2, -0.15) is 0 Å². The summed E-state index contributed by atoms with van der Waals surface area (Å²) in [6.07, 6.45) is 0. The molecule has 5 heteroatoms. The minimum absolute atomic E-state index is 0.307. The largest absolute Gasteiger partial charge is 0.112 e. The van der Waals surface area contributed by atoms with Crippen LogP contribution in [0.4, 0.5) is 0 Å². The van der Waals surface area contributed by atoms with E-state index >= 15 is 0 Å². The van der Waals surface area contributed by atoms with Gasteiger partial charge in [0.1, 0.15) is 0 Å². The number of halogens is 5. The van der Waals surface area contributed by atoms with E-state index in [9.17, 15) is 0 Å². The van der Waals surface area contributed by atoms with Gasteiger partial charge in [0, 0.05) is 18.1 Å². The number of alkyl halides is 1. The summed E-state index contributed by atoms with van der Waals surface area (Å²) >= 11 is 24.3. The van der Waals surface area contributed by atoms with Gasteiger partial charge in [0.05, 0.1) is 5.38 Å². The van der Waals surface area contributed by atoms with Gasteiger partial charge < -0.3 is 0 Å². The molecule has 94 valence electrons. The fourth-order valence-electron chi connectivity index (χ4n) is 1.58. The summed E-state index contributed by atoms with van der Waals surface area (Å²) in [5.41, 5.74) is 1.85. The molecule has 0 nitrogen and oxygen atoms in total. The molecule has 0 aliphatic heterocycles. The van der Waals surface area contributed by atoms with Crippen molar-refractivity contribution in [2.45, 2.75) is 5.38 Å². The topological polar surface area (TPSA) is 0 Å². The predicted molar refractivity (Wildman–Crippen MR) is 91.0 cm³/mol. The second-order valence-corrected chi connectivity index (χ2v) is 7.07. The van der Waals surface area contributed by atoms with Crippen molar-refractivity contribution in [3.05, 3.63) is 65.6 Å². The Bertz CT molecular complexity index is 586. The second kappa shape index (κ2) is 6.31. The van der Waals surface area contributed by atoms with E-state index in [2.05, 4.69) is 38.5 Å². The van der Waals surface area contributed by atoms with Crippen molar-refractivity contribution in [3.8, 4) is 0 Å². The van der Waals surface area contributed by atoms with Gasteiger partial charge >= 0.3 is 0 Å². The van der Waals surface area contributed by atoms with E-state index < -0.39 is 0 Å². The van der Waals surface area contributed by atoms with E-state index in [4.69, 9.17) is 34.8 Å². The zero-order valence-electron chi connectivity index (χ0n) is 8.93. The van der Waals surface area contributed by atoms with E-state index in [1.54, 1.807) is 12.1 Å². The highest BCUT2D eigenvalue weighted by Crippen LogP contribution is 2.38. The van der Waals surface area contributed by atoms with Crippen molar-refractivity contribution in [2.24, 2.45) is 0 Å². The minimum atomic E-state index is -0.307. The number of benzene rings is 2. The monoisotopic (exact) mass is 474 g/mol. The van der Waals surface area contributed by atoms with Crippen LogP contribution in [0.15, 0.2) is 40.9 Å². The van der Waals surface area contributed by atoms with Crippen LogP contribution in [-0.2, 0) is 0 Å². The molecule has 0 aliphatic rings. The van der Waals surface area contributed by atoms with Crippen LogP contribution in [0.5, 0.6) is 0 Å². The Kier molecular flexibility index (Phi) is 5.23. The molecule has 0 aliphatic carbocycles. The van der Waals surface area contributed by atoms with Crippen LogP contribution in [0.1, 0.15) is 16.5 Å². The van der Waals surface area contributed by atoms with Crippen LogP contribution < -0.4 is 0 Å². The van der Waals surface area contributed by atoms with E-state index in [0.29, 0.717) is 10.0 Å². The predicted octanol–water partition coefficient (Wildman–Crippen LogP) is 6.69. The molecular formula is C13H7BrCl3I. The zero-order chi connectivity index (χ0) is 13.3. The Labute approximate surface area is 143 Å². The summed E-state index contributed by atoms with van der Waals surface area (Å²) in [5, 5.41) is 0.876.